The van der Waals surface area contributed by atoms with E-state index in [0.29, 0.717) is 31.6 Å². The molecule has 3 atom stereocenters. The Kier molecular flexibility index (Phi) is 8.83. The average Bonchev–Trinajstić information content (AvgIpc) is 2.80. The van der Waals surface area contributed by atoms with Crippen molar-refractivity contribution in [2.45, 2.75) is 51.8 Å². The molecule has 1 unspecified atom stereocenters. The van der Waals surface area contributed by atoms with Crippen LogP contribution in [-0.2, 0) is 16.0 Å². The summed E-state index contributed by atoms with van der Waals surface area (Å²) in [6.07, 6.45) is 0.356. The number of benzene rings is 2. The van der Waals surface area contributed by atoms with Crippen molar-refractivity contribution in [1.82, 2.24) is 10.6 Å². The van der Waals surface area contributed by atoms with E-state index in [1.54, 1.807) is 7.11 Å². The van der Waals surface area contributed by atoms with Crippen molar-refractivity contribution in [3.8, 4) is 0 Å². The van der Waals surface area contributed by atoms with E-state index >= 15 is 0 Å². The number of ether oxygens (including phenoxy) is 1. The lowest BCUT2D eigenvalue weighted by Gasteiger charge is -2.37. The van der Waals surface area contributed by atoms with E-state index < -0.39 is 17.6 Å². The van der Waals surface area contributed by atoms with E-state index in [9.17, 15) is 14.7 Å². The van der Waals surface area contributed by atoms with Crippen LogP contribution in [0, 0.1) is 5.41 Å². The van der Waals surface area contributed by atoms with Crippen molar-refractivity contribution in [2.75, 3.05) is 32.1 Å². The number of carbonyl (C=O) groups is 2. The van der Waals surface area contributed by atoms with Gasteiger partial charge in [-0.2, -0.15) is 0 Å². The lowest BCUT2D eigenvalue weighted by atomic mass is 9.71. The van der Waals surface area contributed by atoms with Crippen LogP contribution in [0.4, 0.5) is 5.69 Å². The number of amides is 1. The van der Waals surface area contributed by atoms with Gasteiger partial charge in [-0.25, -0.2) is 0 Å². The molecule has 0 radical (unpaired) electrons. The largest absolute Gasteiger partial charge is 0.390 e. The van der Waals surface area contributed by atoms with Crippen LogP contribution >= 0.6 is 0 Å². The van der Waals surface area contributed by atoms with Crippen LogP contribution in [0.3, 0.4) is 0 Å². The van der Waals surface area contributed by atoms with Crippen LogP contribution < -0.4 is 16.0 Å². The molecule has 1 aliphatic carbocycles. The number of hydrogen-bond donors (Lipinski definition) is 4. The second-order valence-electron chi connectivity index (χ2n) is 9.66. The second-order valence-corrected chi connectivity index (χ2v) is 9.66. The fourth-order valence-corrected chi connectivity index (χ4v) is 4.54. The highest BCUT2D eigenvalue weighted by molar-refractivity contribution is 6.03. The molecule has 0 bridgehead atoms. The maximum atomic E-state index is 13.1. The molecule has 1 amide bonds. The number of fused-ring (bicyclic) bond motifs is 1. The molecule has 2 aromatic rings. The molecule has 0 heterocycles. The van der Waals surface area contributed by atoms with Crippen LogP contribution in [0.2, 0.25) is 0 Å². The van der Waals surface area contributed by atoms with Crippen molar-refractivity contribution in [1.29, 1.82) is 0 Å². The molecule has 3 rings (SSSR count). The molecule has 0 aromatic heterocycles. The Balaban J connectivity index is 1.76. The number of hydrogen-bond acceptors (Lipinski definition) is 6. The van der Waals surface area contributed by atoms with Crippen LogP contribution in [0.1, 0.15) is 54.7 Å². The summed E-state index contributed by atoms with van der Waals surface area (Å²) >= 11 is 0. The SMILES string of the molecule is COCCNc1ccc2c(c1)[C@H](NC[C@@H](O)C(Cc1ccccc1)NC(C)=O)CC(C)(C)C2=O. The molecule has 7 heteroatoms. The van der Waals surface area contributed by atoms with Crippen LogP contribution in [0.15, 0.2) is 48.5 Å². The second kappa shape index (κ2) is 11.6. The van der Waals surface area contributed by atoms with E-state index in [-0.39, 0.29) is 24.3 Å². The number of carbonyl (C=O) groups excluding carboxylic acids is 2. The third kappa shape index (κ3) is 6.65. The Morgan fingerprint density at radius 2 is 1.94 bits per heavy atom. The fourth-order valence-electron chi connectivity index (χ4n) is 4.54. The third-order valence-electron chi connectivity index (χ3n) is 6.36. The molecule has 34 heavy (non-hydrogen) atoms. The predicted octanol–water partition coefficient (Wildman–Crippen LogP) is 3.10. The summed E-state index contributed by atoms with van der Waals surface area (Å²) in [4.78, 5) is 24.9. The summed E-state index contributed by atoms with van der Waals surface area (Å²) in [6, 6.07) is 15.1. The van der Waals surface area contributed by atoms with E-state index in [4.69, 9.17) is 4.74 Å². The first-order chi connectivity index (χ1) is 16.2. The fraction of sp³-hybridized carbons (Fsp3) is 0.481. The lowest BCUT2D eigenvalue weighted by molar-refractivity contribution is -0.120. The Morgan fingerprint density at radius 3 is 2.62 bits per heavy atom. The minimum atomic E-state index is -0.795. The monoisotopic (exact) mass is 467 g/mol. The van der Waals surface area contributed by atoms with E-state index in [2.05, 4.69) is 16.0 Å². The van der Waals surface area contributed by atoms with Gasteiger partial charge in [0.2, 0.25) is 5.91 Å². The third-order valence-corrected chi connectivity index (χ3v) is 6.36. The number of aliphatic hydroxyl groups excluding tert-OH is 1. The maximum Gasteiger partial charge on any atom is 0.217 e. The quantitative estimate of drug-likeness (QED) is 0.379. The van der Waals surface area contributed by atoms with Crippen molar-refractivity contribution < 1.29 is 19.4 Å². The summed E-state index contributed by atoms with van der Waals surface area (Å²) in [7, 11) is 1.66. The number of ketones is 1. The van der Waals surface area contributed by atoms with Gasteiger partial charge in [-0.05, 0) is 42.2 Å². The molecular weight excluding hydrogens is 430 g/mol. The van der Waals surface area contributed by atoms with Crippen molar-refractivity contribution >= 4 is 17.4 Å². The average molecular weight is 468 g/mol. The molecule has 0 spiro atoms. The maximum absolute atomic E-state index is 13.1. The normalized spacial score (nSPS) is 18.6. The first-order valence-corrected chi connectivity index (χ1v) is 11.9. The van der Waals surface area contributed by atoms with Gasteiger partial charge < -0.3 is 25.8 Å². The zero-order valence-corrected chi connectivity index (χ0v) is 20.6. The van der Waals surface area contributed by atoms with Crippen molar-refractivity contribution in [3.05, 3.63) is 65.2 Å². The first-order valence-electron chi connectivity index (χ1n) is 11.9. The Bertz CT molecular complexity index is 977. The summed E-state index contributed by atoms with van der Waals surface area (Å²) in [5, 5.41) is 20.7. The summed E-state index contributed by atoms with van der Waals surface area (Å²) in [6.45, 7) is 6.93. The Morgan fingerprint density at radius 1 is 1.21 bits per heavy atom. The van der Waals surface area contributed by atoms with E-state index in [0.717, 1.165) is 16.8 Å². The zero-order valence-electron chi connectivity index (χ0n) is 20.6. The number of nitrogens with one attached hydrogen (secondary N) is 3. The van der Waals surface area contributed by atoms with Crippen molar-refractivity contribution in [2.24, 2.45) is 5.41 Å². The van der Waals surface area contributed by atoms with E-state index in [1.165, 1.54) is 6.92 Å². The van der Waals surface area contributed by atoms with Crippen molar-refractivity contribution in [3.63, 3.8) is 0 Å². The minimum Gasteiger partial charge on any atom is -0.390 e. The van der Waals surface area contributed by atoms with Gasteiger partial charge in [0.1, 0.15) is 0 Å². The summed E-state index contributed by atoms with van der Waals surface area (Å²) in [5.74, 6) is -0.0498. The predicted molar refractivity (Wildman–Crippen MR) is 134 cm³/mol. The van der Waals surface area contributed by atoms with Gasteiger partial charge in [-0.1, -0.05) is 44.2 Å². The Labute approximate surface area is 202 Å². The molecule has 0 aliphatic heterocycles. The number of methoxy groups -OCH3 is 1. The summed E-state index contributed by atoms with van der Waals surface area (Å²) < 4.78 is 5.11. The van der Waals surface area contributed by atoms with E-state index in [1.807, 2.05) is 62.4 Å². The number of rotatable bonds is 11. The molecule has 1 aliphatic rings. The molecule has 4 N–H and O–H groups in total. The minimum absolute atomic E-state index is 0.101. The lowest BCUT2D eigenvalue weighted by Crippen LogP contribution is -2.49. The van der Waals surface area contributed by atoms with Crippen LogP contribution in [0.25, 0.3) is 0 Å². The van der Waals surface area contributed by atoms with Gasteiger partial charge in [0.05, 0.1) is 18.8 Å². The molecule has 0 fully saturated rings. The smallest absolute Gasteiger partial charge is 0.217 e. The first kappa shape index (κ1) is 25.9. The van der Waals surface area contributed by atoms with Gasteiger partial charge >= 0.3 is 0 Å². The van der Waals surface area contributed by atoms with Gasteiger partial charge in [-0.3, -0.25) is 9.59 Å². The molecule has 184 valence electrons. The van der Waals surface area contributed by atoms with Gasteiger partial charge in [0.15, 0.2) is 5.78 Å². The topological polar surface area (TPSA) is 99.7 Å². The highest BCUT2D eigenvalue weighted by atomic mass is 16.5. The summed E-state index contributed by atoms with van der Waals surface area (Å²) in [5.41, 5.74) is 3.10. The van der Waals surface area contributed by atoms with Crippen LogP contribution in [-0.4, -0.2) is 55.7 Å². The Hall–Kier alpha value is -2.74. The molecule has 7 nitrogen and oxygen atoms in total. The molecule has 0 saturated heterocycles. The standard InChI is InChI=1S/C27H37N3O4/c1-18(31)30-23(14-19-8-6-5-7-9-19)25(32)17-29-24-16-27(2,3)26(33)21-11-10-20(15-22(21)24)28-12-13-34-4/h5-11,15,23-25,28-29,32H,12-14,16-17H2,1-4H3,(H,30,31)/t23?,24-,25-/m1/s1. The zero-order chi connectivity index (χ0) is 24.7. The van der Waals surface area contributed by atoms with Crippen LogP contribution in [0.5, 0.6) is 0 Å². The molecular formula is C27H37N3O4. The number of aliphatic hydroxyl groups is 1. The molecule has 0 saturated carbocycles. The van der Waals surface area contributed by atoms with Gasteiger partial charge in [0.25, 0.3) is 0 Å². The molecule has 2 aromatic carbocycles. The highest BCUT2D eigenvalue weighted by Crippen LogP contribution is 2.41. The van der Waals surface area contributed by atoms with Gasteiger partial charge in [0, 0.05) is 49.8 Å². The number of Topliss-reactive ketones (excluding diaryl/α,β-unsaturated/α-hetero) is 1. The number of anilines is 1. The van der Waals surface area contributed by atoms with Gasteiger partial charge in [-0.15, -0.1) is 0 Å². The highest BCUT2D eigenvalue weighted by Gasteiger charge is 2.39.